The largest absolute Gasteiger partial charge is 0.493 e. The number of hydrogen-bond acceptors (Lipinski definition) is 5. The van der Waals surface area contributed by atoms with Crippen molar-refractivity contribution in [2.24, 2.45) is 5.73 Å². The number of primary amides is 1. The van der Waals surface area contributed by atoms with Crippen molar-refractivity contribution in [3.05, 3.63) is 53.7 Å². The number of amides is 2. The summed E-state index contributed by atoms with van der Waals surface area (Å²) in [7, 11) is 0. The summed E-state index contributed by atoms with van der Waals surface area (Å²) >= 11 is 0. The number of nitrogen functional groups attached to an aromatic ring is 1. The molecule has 0 aliphatic carbocycles. The van der Waals surface area contributed by atoms with Crippen molar-refractivity contribution in [2.45, 2.75) is 37.8 Å². The Bertz CT molecular complexity index is 967. The molecule has 4 rings (SSSR count). The summed E-state index contributed by atoms with van der Waals surface area (Å²) in [6.45, 7) is 5.07. The highest BCUT2D eigenvalue weighted by Crippen LogP contribution is 2.34. The summed E-state index contributed by atoms with van der Waals surface area (Å²) in [5, 5.41) is 4.66. The lowest BCUT2D eigenvalue weighted by atomic mass is 9.92. The number of fused-ring (bicyclic) bond motifs is 1. The summed E-state index contributed by atoms with van der Waals surface area (Å²) in [5.74, 6) is 0.259. The van der Waals surface area contributed by atoms with E-state index in [1.165, 1.54) is 6.08 Å². The summed E-state index contributed by atoms with van der Waals surface area (Å²) in [6, 6.07) is 7.78. The van der Waals surface area contributed by atoms with Crippen LogP contribution in [0.3, 0.4) is 0 Å². The van der Waals surface area contributed by atoms with Crippen LogP contribution in [0.25, 0.3) is 0 Å². The normalized spacial score (nSPS) is 20.8. The van der Waals surface area contributed by atoms with Crippen LogP contribution in [0.2, 0.25) is 0 Å². The molecule has 0 spiro atoms. The highest BCUT2D eigenvalue weighted by molar-refractivity contribution is 5.98. The number of para-hydroxylation sites is 1. The van der Waals surface area contributed by atoms with Crippen LogP contribution in [0, 0.1) is 0 Å². The van der Waals surface area contributed by atoms with Gasteiger partial charge in [-0.05, 0) is 37.0 Å². The first-order valence-electron chi connectivity index (χ1n) is 9.79. The van der Waals surface area contributed by atoms with Crippen LogP contribution in [0.15, 0.2) is 36.9 Å². The van der Waals surface area contributed by atoms with Crippen LogP contribution in [0.4, 0.5) is 5.82 Å². The number of rotatable bonds is 5. The second-order valence-electron chi connectivity index (χ2n) is 7.54. The van der Waals surface area contributed by atoms with E-state index in [4.69, 9.17) is 16.2 Å². The molecule has 0 saturated carbocycles. The molecule has 1 unspecified atom stereocenters. The lowest BCUT2D eigenvalue weighted by Crippen LogP contribution is -2.37. The lowest BCUT2D eigenvalue weighted by Gasteiger charge is -2.25. The SMILES string of the molecule is C=CC(=O)N1CCC[C@H]1Cn1nc(C2COc3ccccc3C2)c(C(N)=O)c1N. The quantitative estimate of drug-likeness (QED) is 0.744. The van der Waals surface area contributed by atoms with Crippen LogP contribution in [0.1, 0.15) is 40.4 Å². The molecular weight excluding hydrogens is 370 g/mol. The third-order valence-corrected chi connectivity index (χ3v) is 5.75. The minimum atomic E-state index is -0.604. The summed E-state index contributed by atoms with van der Waals surface area (Å²) in [5.41, 5.74) is 13.8. The second kappa shape index (κ2) is 7.62. The van der Waals surface area contributed by atoms with Gasteiger partial charge in [0.2, 0.25) is 5.91 Å². The van der Waals surface area contributed by atoms with E-state index in [0.717, 1.165) is 24.2 Å². The Hall–Kier alpha value is -3.29. The van der Waals surface area contributed by atoms with Crippen LogP contribution < -0.4 is 16.2 Å². The highest BCUT2D eigenvalue weighted by atomic mass is 16.5. The zero-order valence-electron chi connectivity index (χ0n) is 16.2. The fraction of sp³-hybridized carbons (Fsp3) is 0.381. The van der Waals surface area contributed by atoms with E-state index in [2.05, 4.69) is 11.7 Å². The number of benzene rings is 1. The van der Waals surface area contributed by atoms with Crippen LogP contribution in [0.5, 0.6) is 5.75 Å². The molecule has 1 aromatic carbocycles. The van der Waals surface area contributed by atoms with Gasteiger partial charge in [-0.25, -0.2) is 4.68 Å². The highest BCUT2D eigenvalue weighted by Gasteiger charge is 2.33. The Balaban J connectivity index is 1.63. The van der Waals surface area contributed by atoms with E-state index in [1.54, 1.807) is 9.58 Å². The fourth-order valence-electron chi connectivity index (χ4n) is 4.31. The maximum Gasteiger partial charge on any atom is 0.254 e. The summed E-state index contributed by atoms with van der Waals surface area (Å²) in [6.07, 6.45) is 3.77. The van der Waals surface area contributed by atoms with Crippen LogP contribution >= 0.6 is 0 Å². The molecule has 1 saturated heterocycles. The molecular formula is C21H25N5O3. The number of carbonyl (C=O) groups is 2. The molecule has 8 heteroatoms. The third-order valence-electron chi connectivity index (χ3n) is 5.75. The van der Waals surface area contributed by atoms with Gasteiger partial charge in [0.15, 0.2) is 0 Å². The third kappa shape index (κ3) is 3.46. The average Bonchev–Trinajstić information content (AvgIpc) is 3.32. The van der Waals surface area contributed by atoms with E-state index in [9.17, 15) is 9.59 Å². The monoisotopic (exact) mass is 395 g/mol. The molecule has 152 valence electrons. The summed E-state index contributed by atoms with van der Waals surface area (Å²) in [4.78, 5) is 26.0. The number of likely N-dealkylation sites (tertiary alicyclic amines) is 1. The molecule has 2 amide bonds. The zero-order valence-corrected chi connectivity index (χ0v) is 16.2. The Morgan fingerprint density at radius 2 is 2.14 bits per heavy atom. The maximum absolute atomic E-state index is 12.2. The zero-order chi connectivity index (χ0) is 20.5. The van der Waals surface area contributed by atoms with Crippen molar-refractivity contribution in [1.29, 1.82) is 0 Å². The van der Waals surface area contributed by atoms with E-state index < -0.39 is 5.91 Å². The van der Waals surface area contributed by atoms with E-state index >= 15 is 0 Å². The van der Waals surface area contributed by atoms with Gasteiger partial charge in [0.05, 0.1) is 24.9 Å². The van der Waals surface area contributed by atoms with Gasteiger partial charge in [0, 0.05) is 12.5 Å². The number of nitrogens with two attached hydrogens (primary N) is 2. The molecule has 0 bridgehead atoms. The van der Waals surface area contributed by atoms with Gasteiger partial charge in [-0.15, -0.1) is 0 Å². The number of nitrogens with zero attached hydrogens (tertiary/aromatic N) is 3. The Kier molecular flexibility index (Phi) is 5.00. The van der Waals surface area contributed by atoms with Crippen molar-refractivity contribution in [3.8, 4) is 5.75 Å². The first kappa shape index (κ1) is 19.0. The van der Waals surface area contributed by atoms with Gasteiger partial charge < -0.3 is 21.1 Å². The molecule has 2 aliphatic rings. The standard InChI is InChI=1S/C21H25N5O3/c1-2-17(27)25-9-5-7-15(25)11-26-20(22)18(21(23)28)19(24-26)14-10-13-6-3-4-8-16(13)29-12-14/h2-4,6,8,14-15H,1,5,7,9-12,22H2,(H2,23,28)/t14?,15-/m0/s1. The number of anilines is 1. The predicted molar refractivity (Wildman–Crippen MR) is 108 cm³/mol. The number of aromatic nitrogens is 2. The van der Waals surface area contributed by atoms with E-state index in [-0.39, 0.29) is 29.2 Å². The minimum Gasteiger partial charge on any atom is -0.493 e. The molecule has 4 N–H and O–H groups in total. The maximum atomic E-state index is 12.2. The van der Waals surface area contributed by atoms with Gasteiger partial charge in [0.1, 0.15) is 17.1 Å². The van der Waals surface area contributed by atoms with Gasteiger partial charge in [0.25, 0.3) is 5.91 Å². The van der Waals surface area contributed by atoms with E-state index in [0.29, 0.717) is 31.8 Å². The molecule has 2 aromatic rings. The number of hydrogen-bond donors (Lipinski definition) is 2. The Labute approximate surface area is 169 Å². The topological polar surface area (TPSA) is 116 Å². The lowest BCUT2D eigenvalue weighted by molar-refractivity contribution is -0.127. The van der Waals surface area contributed by atoms with Gasteiger partial charge in [-0.2, -0.15) is 5.10 Å². The number of carbonyl (C=O) groups excluding carboxylic acids is 2. The van der Waals surface area contributed by atoms with Crippen molar-refractivity contribution >= 4 is 17.6 Å². The minimum absolute atomic E-state index is 0.0420. The number of ether oxygens (including phenoxy) is 1. The average molecular weight is 395 g/mol. The van der Waals surface area contributed by atoms with Gasteiger partial charge in [-0.1, -0.05) is 24.8 Å². The van der Waals surface area contributed by atoms with Crippen molar-refractivity contribution in [3.63, 3.8) is 0 Å². The molecule has 29 heavy (non-hydrogen) atoms. The molecule has 2 atom stereocenters. The van der Waals surface area contributed by atoms with Gasteiger partial charge in [-0.3, -0.25) is 9.59 Å². The van der Waals surface area contributed by atoms with Crippen molar-refractivity contribution in [1.82, 2.24) is 14.7 Å². The van der Waals surface area contributed by atoms with Crippen LogP contribution in [-0.2, 0) is 17.8 Å². The van der Waals surface area contributed by atoms with E-state index in [1.807, 2.05) is 24.3 Å². The molecule has 2 aliphatic heterocycles. The smallest absolute Gasteiger partial charge is 0.254 e. The van der Waals surface area contributed by atoms with Crippen molar-refractivity contribution in [2.75, 3.05) is 18.9 Å². The fourth-order valence-corrected chi connectivity index (χ4v) is 4.31. The molecule has 8 nitrogen and oxygen atoms in total. The first-order chi connectivity index (χ1) is 14.0. The first-order valence-corrected chi connectivity index (χ1v) is 9.79. The summed E-state index contributed by atoms with van der Waals surface area (Å²) < 4.78 is 7.47. The Morgan fingerprint density at radius 1 is 1.34 bits per heavy atom. The molecule has 3 heterocycles. The van der Waals surface area contributed by atoms with Crippen molar-refractivity contribution < 1.29 is 14.3 Å². The molecule has 1 aromatic heterocycles. The molecule has 1 fully saturated rings. The van der Waals surface area contributed by atoms with Gasteiger partial charge >= 0.3 is 0 Å². The molecule has 0 radical (unpaired) electrons. The Morgan fingerprint density at radius 3 is 2.90 bits per heavy atom. The second-order valence-corrected chi connectivity index (χ2v) is 7.54. The van der Waals surface area contributed by atoms with Crippen LogP contribution in [-0.4, -0.2) is 45.7 Å². The predicted octanol–water partition coefficient (Wildman–Crippen LogP) is 1.46.